The Morgan fingerprint density at radius 1 is 0.935 bits per heavy atom. The minimum Gasteiger partial charge on any atom is -0.353 e. The number of alkyl halides is 3. The zero-order valence-corrected chi connectivity index (χ0v) is 16.9. The van der Waals surface area contributed by atoms with E-state index >= 15 is 0 Å². The monoisotopic (exact) mass is 444 g/mol. The summed E-state index contributed by atoms with van der Waals surface area (Å²) in [5, 5.41) is 3.03. The van der Waals surface area contributed by atoms with Crippen molar-refractivity contribution in [2.45, 2.75) is 11.1 Å². The minimum absolute atomic E-state index is 0.0674. The van der Waals surface area contributed by atoms with Crippen LogP contribution in [-0.4, -0.2) is 29.6 Å². The summed E-state index contributed by atoms with van der Waals surface area (Å²) in [5.41, 5.74) is 2.05. The van der Waals surface area contributed by atoms with Crippen molar-refractivity contribution in [2.75, 3.05) is 11.6 Å². The number of nitrogens with one attached hydrogen (secondary N) is 1. The van der Waals surface area contributed by atoms with E-state index in [2.05, 4.69) is 20.3 Å². The van der Waals surface area contributed by atoms with Gasteiger partial charge in [-0.15, -0.1) is 0 Å². The van der Waals surface area contributed by atoms with Gasteiger partial charge in [0.2, 0.25) is 0 Å². The van der Waals surface area contributed by atoms with E-state index in [-0.39, 0.29) is 10.6 Å². The molecule has 0 fully saturated rings. The van der Waals surface area contributed by atoms with Gasteiger partial charge in [0.15, 0.2) is 9.84 Å². The molecule has 158 valence electrons. The summed E-state index contributed by atoms with van der Waals surface area (Å²) in [6, 6.07) is 9.47. The predicted molar refractivity (Wildman–Crippen MR) is 111 cm³/mol. The van der Waals surface area contributed by atoms with Gasteiger partial charge in [-0.3, -0.25) is 15.0 Å². The lowest BCUT2D eigenvalue weighted by Gasteiger charge is -2.14. The highest BCUT2D eigenvalue weighted by Gasteiger charge is 2.30. The third-order valence-corrected chi connectivity index (χ3v) is 5.71. The molecule has 0 saturated heterocycles. The van der Waals surface area contributed by atoms with E-state index in [9.17, 15) is 21.6 Å². The first kappa shape index (κ1) is 20.7. The van der Waals surface area contributed by atoms with Gasteiger partial charge in [0, 0.05) is 36.1 Å². The summed E-state index contributed by atoms with van der Waals surface area (Å²) < 4.78 is 62.9. The fourth-order valence-electron chi connectivity index (χ4n) is 3.16. The first-order chi connectivity index (χ1) is 14.6. The quantitative estimate of drug-likeness (QED) is 0.484. The van der Waals surface area contributed by atoms with Crippen molar-refractivity contribution in [2.24, 2.45) is 0 Å². The molecule has 0 aliphatic rings. The Labute approximate surface area is 175 Å². The van der Waals surface area contributed by atoms with Gasteiger partial charge in [0.1, 0.15) is 0 Å². The van der Waals surface area contributed by atoms with Crippen molar-refractivity contribution in [3.8, 4) is 11.1 Å². The highest BCUT2D eigenvalue weighted by atomic mass is 32.2. The Kier molecular flexibility index (Phi) is 5.10. The minimum atomic E-state index is -4.44. The number of anilines is 2. The van der Waals surface area contributed by atoms with Crippen molar-refractivity contribution >= 4 is 32.2 Å². The Bertz CT molecular complexity index is 1370. The van der Waals surface area contributed by atoms with Gasteiger partial charge in [0.05, 0.1) is 33.4 Å². The van der Waals surface area contributed by atoms with Crippen LogP contribution in [0.3, 0.4) is 0 Å². The van der Waals surface area contributed by atoms with Gasteiger partial charge in [-0.2, -0.15) is 13.2 Å². The molecule has 0 amide bonds. The molecule has 10 heteroatoms. The molecule has 0 unspecified atom stereocenters. The second kappa shape index (κ2) is 7.62. The smallest absolute Gasteiger partial charge is 0.353 e. The number of pyridine rings is 1. The number of fused-ring (bicyclic) bond motifs is 1. The molecule has 6 nitrogen and oxygen atoms in total. The summed E-state index contributed by atoms with van der Waals surface area (Å²) >= 11 is 0. The first-order valence-corrected chi connectivity index (χ1v) is 10.9. The maximum atomic E-state index is 12.9. The molecule has 2 aromatic heterocycles. The van der Waals surface area contributed by atoms with Crippen LogP contribution >= 0.6 is 0 Å². The van der Waals surface area contributed by atoms with Crippen LogP contribution in [0.4, 0.5) is 24.5 Å². The number of aromatic nitrogens is 3. The second-order valence-corrected chi connectivity index (χ2v) is 8.78. The van der Waals surface area contributed by atoms with Crippen molar-refractivity contribution in [1.29, 1.82) is 0 Å². The van der Waals surface area contributed by atoms with Crippen molar-refractivity contribution in [3.63, 3.8) is 0 Å². The summed E-state index contributed by atoms with van der Waals surface area (Å²) in [4.78, 5) is 12.6. The highest BCUT2D eigenvalue weighted by molar-refractivity contribution is 7.90. The van der Waals surface area contributed by atoms with E-state index in [0.29, 0.717) is 27.8 Å². The van der Waals surface area contributed by atoms with Gasteiger partial charge in [0.25, 0.3) is 0 Å². The van der Waals surface area contributed by atoms with Crippen LogP contribution in [0, 0.1) is 0 Å². The highest BCUT2D eigenvalue weighted by Crippen LogP contribution is 2.35. The van der Waals surface area contributed by atoms with Crippen molar-refractivity contribution in [1.82, 2.24) is 15.0 Å². The fraction of sp³-hybridized carbons (Fsp3) is 0.0952. The molecule has 0 saturated carbocycles. The van der Waals surface area contributed by atoms with Crippen LogP contribution in [0.1, 0.15) is 5.56 Å². The average molecular weight is 444 g/mol. The van der Waals surface area contributed by atoms with Crippen LogP contribution in [0.5, 0.6) is 0 Å². The number of sulfone groups is 1. The number of nitrogens with zero attached hydrogens (tertiary/aromatic N) is 3. The van der Waals surface area contributed by atoms with Crippen molar-refractivity contribution < 1.29 is 21.6 Å². The molecule has 4 aromatic rings. The number of hydrogen-bond acceptors (Lipinski definition) is 6. The van der Waals surface area contributed by atoms with E-state index in [4.69, 9.17) is 0 Å². The SMILES string of the molecule is CS(=O)(=O)c1ccncc1Nc1cc(-c2ccc(C(F)(F)F)cc2)c2nccnc2c1. The van der Waals surface area contributed by atoms with Crippen LogP contribution in [0.25, 0.3) is 22.2 Å². The van der Waals surface area contributed by atoms with Crippen LogP contribution in [-0.2, 0) is 16.0 Å². The Hall–Kier alpha value is -3.53. The Morgan fingerprint density at radius 2 is 1.65 bits per heavy atom. The lowest BCUT2D eigenvalue weighted by atomic mass is 10.0. The third kappa shape index (κ3) is 4.33. The van der Waals surface area contributed by atoms with Crippen LogP contribution in [0.2, 0.25) is 0 Å². The number of benzene rings is 2. The van der Waals surface area contributed by atoms with E-state index in [0.717, 1.165) is 18.4 Å². The van der Waals surface area contributed by atoms with Crippen LogP contribution in [0.15, 0.2) is 72.1 Å². The molecule has 4 rings (SSSR count). The van der Waals surface area contributed by atoms with E-state index in [1.807, 2.05) is 0 Å². The molecule has 31 heavy (non-hydrogen) atoms. The maximum Gasteiger partial charge on any atom is 0.416 e. The summed E-state index contributed by atoms with van der Waals surface area (Å²) in [6.45, 7) is 0. The lowest BCUT2D eigenvalue weighted by Crippen LogP contribution is -2.04. The standard InChI is InChI=1S/C21H15F3N4O2S/c1-31(29,30)19-6-7-25-12-18(19)28-15-10-16(20-17(11-15)26-8-9-27-20)13-2-4-14(5-3-13)21(22,23)24/h2-12,28H,1H3. The molecular formula is C21H15F3N4O2S. The molecule has 0 radical (unpaired) electrons. The maximum absolute atomic E-state index is 12.9. The summed E-state index contributed by atoms with van der Waals surface area (Å²) in [5.74, 6) is 0. The zero-order chi connectivity index (χ0) is 22.2. The van der Waals surface area contributed by atoms with Crippen molar-refractivity contribution in [3.05, 3.63) is 72.8 Å². The Balaban J connectivity index is 1.84. The van der Waals surface area contributed by atoms with Gasteiger partial charge < -0.3 is 5.32 Å². The molecule has 1 N–H and O–H groups in total. The molecule has 2 heterocycles. The molecule has 0 aliphatic heterocycles. The van der Waals surface area contributed by atoms with E-state index in [1.54, 1.807) is 12.1 Å². The molecule has 0 aliphatic carbocycles. The molecule has 2 aromatic carbocycles. The van der Waals surface area contributed by atoms with E-state index in [1.165, 1.54) is 43.0 Å². The zero-order valence-electron chi connectivity index (χ0n) is 16.1. The normalized spacial score (nSPS) is 12.1. The molecule has 0 spiro atoms. The molecule has 0 atom stereocenters. The fourth-order valence-corrected chi connectivity index (χ4v) is 3.97. The number of halogens is 3. The molecular weight excluding hydrogens is 429 g/mol. The number of rotatable bonds is 4. The average Bonchev–Trinajstić information content (AvgIpc) is 2.72. The summed E-state index contributed by atoms with van der Waals surface area (Å²) in [7, 11) is -3.51. The Morgan fingerprint density at radius 3 is 2.32 bits per heavy atom. The van der Waals surface area contributed by atoms with E-state index < -0.39 is 21.6 Å². The first-order valence-electron chi connectivity index (χ1n) is 8.96. The largest absolute Gasteiger partial charge is 0.416 e. The second-order valence-electron chi connectivity index (χ2n) is 6.79. The molecule has 0 bridgehead atoms. The van der Waals surface area contributed by atoms with Gasteiger partial charge >= 0.3 is 6.18 Å². The lowest BCUT2D eigenvalue weighted by molar-refractivity contribution is -0.137. The number of hydrogen-bond donors (Lipinski definition) is 1. The van der Waals surface area contributed by atoms with Gasteiger partial charge in [-0.1, -0.05) is 12.1 Å². The van der Waals surface area contributed by atoms with Crippen LogP contribution < -0.4 is 5.32 Å². The topological polar surface area (TPSA) is 84.8 Å². The third-order valence-electron chi connectivity index (χ3n) is 4.56. The van der Waals surface area contributed by atoms with Gasteiger partial charge in [-0.05, 0) is 35.9 Å². The predicted octanol–water partition coefficient (Wildman–Crippen LogP) is 4.86. The van der Waals surface area contributed by atoms with Gasteiger partial charge in [-0.25, -0.2) is 8.42 Å². The summed E-state index contributed by atoms with van der Waals surface area (Å²) in [6.07, 6.45) is 2.40.